The van der Waals surface area contributed by atoms with Crippen LogP contribution in [0.5, 0.6) is 0 Å². The van der Waals surface area contributed by atoms with Gasteiger partial charge in [-0.15, -0.1) is 11.3 Å². The molecule has 0 bridgehead atoms. The quantitative estimate of drug-likeness (QED) is 0.221. The maximum absolute atomic E-state index is 12.2. The highest BCUT2D eigenvalue weighted by Crippen LogP contribution is 2.15. The van der Waals surface area contributed by atoms with E-state index in [4.69, 9.17) is 0 Å². The lowest BCUT2D eigenvalue weighted by molar-refractivity contribution is -0.121. The molecule has 0 aliphatic rings. The van der Waals surface area contributed by atoms with Crippen LogP contribution in [0, 0.1) is 0 Å². The molecule has 0 atom stereocenters. The van der Waals surface area contributed by atoms with Crippen LogP contribution >= 0.6 is 11.3 Å². The van der Waals surface area contributed by atoms with E-state index in [1.165, 1.54) is 49.9 Å². The van der Waals surface area contributed by atoms with Gasteiger partial charge in [-0.05, 0) is 42.5 Å². The van der Waals surface area contributed by atoms with E-state index in [9.17, 15) is 9.59 Å². The Bertz CT molecular complexity index is 816. The number of amides is 2. The zero-order chi connectivity index (χ0) is 21.6. The molecule has 30 heavy (non-hydrogen) atoms. The summed E-state index contributed by atoms with van der Waals surface area (Å²) in [6.45, 7) is 4.07. The maximum Gasteiger partial charge on any atom is 0.265 e. The molecule has 0 unspecified atom stereocenters. The molecule has 162 valence electrons. The van der Waals surface area contributed by atoms with Crippen molar-refractivity contribution < 1.29 is 9.59 Å². The van der Waals surface area contributed by atoms with Crippen LogP contribution < -0.4 is 10.7 Å². The molecule has 0 saturated carbocycles. The van der Waals surface area contributed by atoms with Crippen LogP contribution in [0.4, 0.5) is 5.69 Å². The van der Waals surface area contributed by atoms with E-state index in [2.05, 4.69) is 22.8 Å². The van der Waals surface area contributed by atoms with Gasteiger partial charge in [-0.3, -0.25) is 9.59 Å². The molecule has 0 fully saturated rings. The number of rotatable bonds is 13. The number of thiophene rings is 1. The minimum atomic E-state index is -0.129. The van der Waals surface area contributed by atoms with E-state index in [1.807, 2.05) is 42.6 Å². The largest absolute Gasteiger partial charge is 0.321 e. The molecule has 0 aliphatic heterocycles. The lowest BCUT2D eigenvalue weighted by Crippen LogP contribution is -2.19. The molecule has 1 aromatic carbocycles. The van der Waals surface area contributed by atoms with E-state index in [1.54, 1.807) is 6.07 Å². The molecule has 0 aliphatic carbocycles. The Hall–Kier alpha value is -2.47. The third-order valence-corrected chi connectivity index (χ3v) is 5.76. The number of hydrogen-bond acceptors (Lipinski definition) is 4. The van der Waals surface area contributed by atoms with Gasteiger partial charge in [0.15, 0.2) is 0 Å². The van der Waals surface area contributed by atoms with Crippen LogP contribution in [0.25, 0.3) is 0 Å². The fourth-order valence-electron chi connectivity index (χ4n) is 3.11. The van der Waals surface area contributed by atoms with Crippen molar-refractivity contribution in [2.75, 3.05) is 5.32 Å². The van der Waals surface area contributed by atoms with Crippen LogP contribution in [0.1, 0.15) is 86.9 Å². The number of benzene rings is 1. The van der Waals surface area contributed by atoms with Crippen molar-refractivity contribution in [3.63, 3.8) is 0 Å². The normalized spacial score (nSPS) is 11.3. The smallest absolute Gasteiger partial charge is 0.265 e. The Morgan fingerprint density at radius 3 is 2.40 bits per heavy atom. The van der Waals surface area contributed by atoms with Gasteiger partial charge >= 0.3 is 0 Å². The predicted octanol–water partition coefficient (Wildman–Crippen LogP) is 6.37. The minimum absolute atomic E-state index is 0.0533. The molecule has 2 aromatic rings. The van der Waals surface area contributed by atoms with Gasteiger partial charge in [-0.1, -0.05) is 70.1 Å². The number of unbranched alkanes of at least 4 members (excludes halogenated alkanes) is 7. The fourth-order valence-corrected chi connectivity index (χ4v) is 3.73. The summed E-state index contributed by atoms with van der Waals surface area (Å²) in [5, 5.41) is 8.98. The van der Waals surface area contributed by atoms with Crippen molar-refractivity contribution >= 4 is 34.6 Å². The van der Waals surface area contributed by atoms with Crippen molar-refractivity contribution in [2.24, 2.45) is 5.10 Å². The Morgan fingerprint density at radius 2 is 1.70 bits per heavy atom. The summed E-state index contributed by atoms with van der Waals surface area (Å²) < 4.78 is 0. The van der Waals surface area contributed by atoms with Gasteiger partial charge in [0.1, 0.15) is 0 Å². The first-order chi connectivity index (χ1) is 14.6. The molecule has 5 nitrogen and oxygen atoms in total. The average Bonchev–Trinajstić information content (AvgIpc) is 3.29. The lowest BCUT2D eigenvalue weighted by Gasteiger charge is -2.07. The van der Waals surface area contributed by atoms with Gasteiger partial charge < -0.3 is 5.32 Å². The summed E-state index contributed by atoms with van der Waals surface area (Å²) in [6, 6.07) is 11.1. The van der Waals surface area contributed by atoms with E-state index in [0.29, 0.717) is 22.7 Å². The van der Waals surface area contributed by atoms with Crippen LogP contribution in [-0.2, 0) is 4.79 Å². The van der Waals surface area contributed by atoms with Crippen LogP contribution in [0.2, 0.25) is 0 Å². The van der Waals surface area contributed by atoms with Crippen molar-refractivity contribution in [3.8, 4) is 0 Å². The summed E-state index contributed by atoms with van der Waals surface area (Å²) >= 11 is 1.40. The Balaban J connectivity index is 1.73. The van der Waals surface area contributed by atoms with Gasteiger partial charge in [-0.2, -0.15) is 5.10 Å². The van der Waals surface area contributed by atoms with Crippen LogP contribution in [0.3, 0.4) is 0 Å². The maximum atomic E-state index is 12.2. The molecule has 2 N–H and O–H groups in total. The molecular weight excluding hydrogens is 394 g/mol. The van der Waals surface area contributed by atoms with Gasteiger partial charge in [0, 0.05) is 12.1 Å². The summed E-state index contributed by atoms with van der Waals surface area (Å²) in [5.74, 6) is -0.183. The third-order valence-electron chi connectivity index (χ3n) is 4.89. The number of hydrogen-bond donors (Lipinski definition) is 2. The number of hydrazone groups is 1. The van der Waals surface area contributed by atoms with E-state index in [0.717, 1.165) is 18.4 Å². The first-order valence-electron chi connectivity index (χ1n) is 10.9. The molecular formula is C24H33N3O2S. The van der Waals surface area contributed by atoms with Crippen LogP contribution in [-0.4, -0.2) is 17.5 Å². The minimum Gasteiger partial charge on any atom is -0.321 e. The number of nitrogens with one attached hydrogen (secondary N) is 2. The van der Waals surface area contributed by atoms with E-state index in [-0.39, 0.29) is 11.8 Å². The van der Waals surface area contributed by atoms with Crippen molar-refractivity contribution in [2.45, 2.75) is 71.6 Å². The van der Waals surface area contributed by atoms with Crippen LogP contribution in [0.15, 0.2) is 46.9 Å². The lowest BCUT2D eigenvalue weighted by atomic mass is 10.1. The molecule has 6 heteroatoms. The standard InChI is InChI=1S/C24H33N3O2S/c1-3-4-5-6-7-8-9-10-16-23(28)27-26-19(2)20-13-11-14-21(18-20)25-24(29)22-15-12-17-30-22/h11-15,17-18H,3-10,16H2,1-2H3,(H,25,29)(H,27,28). The van der Waals surface area contributed by atoms with Gasteiger partial charge in [0.05, 0.1) is 10.6 Å². The molecule has 2 rings (SSSR count). The van der Waals surface area contributed by atoms with Gasteiger partial charge in [0.2, 0.25) is 5.91 Å². The Morgan fingerprint density at radius 1 is 0.967 bits per heavy atom. The SMILES string of the molecule is CCCCCCCCCCC(=O)NN=C(C)c1cccc(NC(=O)c2cccs2)c1. The highest BCUT2D eigenvalue weighted by molar-refractivity contribution is 7.12. The first kappa shape index (κ1) is 23.8. The van der Waals surface area contributed by atoms with Crippen molar-refractivity contribution in [1.82, 2.24) is 5.43 Å². The summed E-state index contributed by atoms with van der Waals surface area (Å²) in [5.41, 5.74) is 4.90. The monoisotopic (exact) mass is 427 g/mol. The zero-order valence-corrected chi connectivity index (χ0v) is 18.9. The summed E-state index contributed by atoms with van der Waals surface area (Å²) in [7, 11) is 0. The van der Waals surface area contributed by atoms with Gasteiger partial charge in [-0.25, -0.2) is 5.43 Å². The Labute approximate surface area is 184 Å². The second-order valence-corrected chi connectivity index (χ2v) is 8.42. The van der Waals surface area contributed by atoms with E-state index < -0.39 is 0 Å². The van der Waals surface area contributed by atoms with Gasteiger partial charge in [0.25, 0.3) is 5.91 Å². The van der Waals surface area contributed by atoms with E-state index >= 15 is 0 Å². The summed E-state index contributed by atoms with van der Waals surface area (Å²) in [6.07, 6.45) is 10.2. The highest BCUT2D eigenvalue weighted by atomic mass is 32.1. The first-order valence-corrected chi connectivity index (χ1v) is 11.8. The molecule has 1 heterocycles. The predicted molar refractivity (Wildman–Crippen MR) is 126 cm³/mol. The number of carbonyl (C=O) groups is 2. The molecule has 0 saturated heterocycles. The van der Waals surface area contributed by atoms with Crippen molar-refractivity contribution in [1.29, 1.82) is 0 Å². The fraction of sp³-hybridized carbons (Fsp3) is 0.458. The zero-order valence-electron chi connectivity index (χ0n) is 18.1. The van der Waals surface area contributed by atoms with Crippen molar-refractivity contribution in [3.05, 3.63) is 52.2 Å². The molecule has 0 spiro atoms. The summed E-state index contributed by atoms with van der Waals surface area (Å²) in [4.78, 5) is 24.9. The Kier molecular flexibility index (Phi) is 10.9. The molecule has 2 amide bonds. The second-order valence-electron chi connectivity index (χ2n) is 7.47. The average molecular weight is 428 g/mol. The third kappa shape index (κ3) is 8.91. The second kappa shape index (κ2) is 13.7. The number of anilines is 1. The highest BCUT2D eigenvalue weighted by Gasteiger charge is 2.08. The number of carbonyl (C=O) groups excluding carboxylic acids is 2. The number of nitrogens with zero attached hydrogens (tertiary/aromatic N) is 1. The molecule has 1 aromatic heterocycles. The molecule has 0 radical (unpaired) electrons. The topological polar surface area (TPSA) is 70.6 Å².